The van der Waals surface area contributed by atoms with Gasteiger partial charge in [0.2, 0.25) is 0 Å². The minimum Gasteiger partial charge on any atom is -0.396 e. The third-order valence-corrected chi connectivity index (χ3v) is 3.40. The third kappa shape index (κ3) is 3.15. The van der Waals surface area contributed by atoms with Crippen molar-refractivity contribution in [3.63, 3.8) is 0 Å². The lowest BCUT2D eigenvalue weighted by Crippen LogP contribution is -2.40. The molecule has 0 radical (unpaired) electrons. The molecule has 0 spiro atoms. The molecule has 1 aromatic carbocycles. The number of carbonyl (C=O) groups excluding carboxylic acids is 1. The van der Waals surface area contributed by atoms with Gasteiger partial charge in [-0.05, 0) is 37.4 Å². The Balaban J connectivity index is 1.97. The van der Waals surface area contributed by atoms with Gasteiger partial charge < -0.3 is 5.11 Å². The van der Waals surface area contributed by atoms with Gasteiger partial charge in [-0.3, -0.25) is 9.69 Å². The maximum atomic E-state index is 13.5. The summed E-state index contributed by atoms with van der Waals surface area (Å²) < 4.78 is 13.5. The number of ketones is 1. The molecule has 1 aliphatic rings. The molecule has 1 saturated heterocycles. The summed E-state index contributed by atoms with van der Waals surface area (Å²) in [4.78, 5) is 14.0. The number of carbonyl (C=O) groups is 1. The van der Waals surface area contributed by atoms with E-state index in [0.717, 1.165) is 25.9 Å². The van der Waals surface area contributed by atoms with E-state index < -0.39 is 5.82 Å². The Morgan fingerprint density at radius 3 is 2.94 bits per heavy atom. The first kappa shape index (κ1) is 13.2. The van der Waals surface area contributed by atoms with Crippen LogP contribution in [0.3, 0.4) is 0 Å². The van der Waals surface area contributed by atoms with Crippen molar-refractivity contribution in [3.05, 3.63) is 35.6 Å². The van der Waals surface area contributed by atoms with Crippen molar-refractivity contribution in [3.8, 4) is 0 Å². The standard InChI is InChI=1S/C14H18FNO2/c15-13-6-2-1-5-12(13)14(18)9-16-7-3-4-11(8-16)10-17/h1-2,5-6,11,17H,3-4,7-10H2. The predicted molar refractivity (Wildman–Crippen MR) is 67.0 cm³/mol. The van der Waals surface area contributed by atoms with Crippen LogP contribution in [0, 0.1) is 11.7 Å². The number of halogens is 1. The molecule has 0 bridgehead atoms. The fourth-order valence-electron chi connectivity index (χ4n) is 2.42. The van der Waals surface area contributed by atoms with E-state index in [4.69, 9.17) is 5.11 Å². The van der Waals surface area contributed by atoms with Crippen LogP contribution in [0.4, 0.5) is 4.39 Å². The number of rotatable bonds is 4. The van der Waals surface area contributed by atoms with Gasteiger partial charge in [0, 0.05) is 13.2 Å². The summed E-state index contributed by atoms with van der Waals surface area (Å²) in [6.45, 7) is 1.95. The number of nitrogens with zero attached hydrogens (tertiary/aromatic N) is 1. The maximum absolute atomic E-state index is 13.5. The molecular formula is C14H18FNO2. The van der Waals surface area contributed by atoms with Crippen LogP contribution >= 0.6 is 0 Å². The number of benzene rings is 1. The van der Waals surface area contributed by atoms with Crippen molar-refractivity contribution in [2.75, 3.05) is 26.2 Å². The highest BCUT2D eigenvalue weighted by Gasteiger charge is 2.22. The molecule has 4 heteroatoms. The Morgan fingerprint density at radius 1 is 1.44 bits per heavy atom. The maximum Gasteiger partial charge on any atom is 0.179 e. The number of aliphatic hydroxyl groups excluding tert-OH is 1. The predicted octanol–water partition coefficient (Wildman–Crippen LogP) is 1.71. The molecule has 0 amide bonds. The van der Waals surface area contributed by atoms with E-state index in [0.29, 0.717) is 0 Å². The molecule has 18 heavy (non-hydrogen) atoms. The highest BCUT2D eigenvalue weighted by Crippen LogP contribution is 2.16. The quantitative estimate of drug-likeness (QED) is 0.828. The zero-order valence-electron chi connectivity index (χ0n) is 10.3. The molecule has 1 N–H and O–H groups in total. The summed E-state index contributed by atoms with van der Waals surface area (Å²) in [5.41, 5.74) is 0.156. The molecule has 3 nitrogen and oxygen atoms in total. The number of aliphatic hydroxyl groups is 1. The van der Waals surface area contributed by atoms with E-state index >= 15 is 0 Å². The fourth-order valence-corrected chi connectivity index (χ4v) is 2.42. The summed E-state index contributed by atoms with van der Waals surface area (Å²) in [6, 6.07) is 6.07. The summed E-state index contributed by atoms with van der Waals surface area (Å²) in [5, 5.41) is 9.13. The zero-order chi connectivity index (χ0) is 13.0. The average Bonchev–Trinajstić information content (AvgIpc) is 2.39. The normalized spacial score (nSPS) is 20.9. The lowest BCUT2D eigenvalue weighted by Gasteiger charge is -2.31. The highest BCUT2D eigenvalue weighted by molar-refractivity contribution is 5.97. The monoisotopic (exact) mass is 251 g/mol. The summed E-state index contributed by atoms with van der Waals surface area (Å²) in [6.07, 6.45) is 1.98. The van der Waals surface area contributed by atoms with Gasteiger partial charge in [0.15, 0.2) is 5.78 Å². The molecule has 1 heterocycles. The second-order valence-electron chi connectivity index (χ2n) is 4.83. The Bertz CT molecular complexity index is 422. The molecule has 0 aliphatic carbocycles. The van der Waals surface area contributed by atoms with Crippen LogP contribution in [0.2, 0.25) is 0 Å². The second-order valence-corrected chi connectivity index (χ2v) is 4.83. The van der Waals surface area contributed by atoms with Gasteiger partial charge in [-0.1, -0.05) is 12.1 Å². The fraction of sp³-hybridized carbons (Fsp3) is 0.500. The topological polar surface area (TPSA) is 40.5 Å². The molecule has 0 aromatic heterocycles. The van der Waals surface area contributed by atoms with Gasteiger partial charge in [-0.2, -0.15) is 0 Å². The Labute approximate surface area is 106 Å². The molecule has 2 rings (SSSR count). The number of hydrogen-bond acceptors (Lipinski definition) is 3. The van der Waals surface area contributed by atoms with Crippen LogP contribution < -0.4 is 0 Å². The van der Waals surface area contributed by atoms with E-state index in [1.54, 1.807) is 12.1 Å². The van der Waals surface area contributed by atoms with E-state index in [2.05, 4.69) is 0 Å². The minimum atomic E-state index is -0.460. The van der Waals surface area contributed by atoms with Crippen molar-refractivity contribution < 1.29 is 14.3 Å². The van der Waals surface area contributed by atoms with Crippen LogP contribution in [0.5, 0.6) is 0 Å². The van der Waals surface area contributed by atoms with Crippen LogP contribution in [0.25, 0.3) is 0 Å². The van der Waals surface area contributed by atoms with Crippen LogP contribution in [0.15, 0.2) is 24.3 Å². The van der Waals surface area contributed by atoms with E-state index in [-0.39, 0.29) is 30.4 Å². The zero-order valence-corrected chi connectivity index (χ0v) is 10.3. The molecule has 98 valence electrons. The SMILES string of the molecule is O=C(CN1CCCC(CO)C1)c1ccccc1F. The second kappa shape index (κ2) is 6.07. The smallest absolute Gasteiger partial charge is 0.179 e. The summed E-state index contributed by atoms with van der Waals surface area (Å²) >= 11 is 0. The van der Waals surface area contributed by atoms with Gasteiger partial charge in [-0.25, -0.2) is 4.39 Å². The van der Waals surface area contributed by atoms with Crippen molar-refractivity contribution >= 4 is 5.78 Å². The number of likely N-dealkylation sites (tertiary alicyclic amines) is 1. The lowest BCUT2D eigenvalue weighted by atomic mass is 9.98. The van der Waals surface area contributed by atoms with E-state index in [1.807, 2.05) is 4.90 Å². The average molecular weight is 251 g/mol. The Kier molecular flexibility index (Phi) is 4.44. The molecule has 1 aromatic rings. The molecular weight excluding hydrogens is 233 g/mol. The minimum absolute atomic E-state index is 0.156. The van der Waals surface area contributed by atoms with Crippen molar-refractivity contribution in [1.29, 1.82) is 0 Å². The molecule has 1 unspecified atom stereocenters. The van der Waals surface area contributed by atoms with Crippen LogP contribution in [-0.2, 0) is 0 Å². The summed E-state index contributed by atoms with van der Waals surface area (Å²) in [5.74, 6) is -0.405. The number of piperidine rings is 1. The van der Waals surface area contributed by atoms with Crippen LogP contribution in [-0.4, -0.2) is 42.0 Å². The third-order valence-electron chi connectivity index (χ3n) is 3.40. The largest absolute Gasteiger partial charge is 0.396 e. The van der Waals surface area contributed by atoms with Gasteiger partial charge in [-0.15, -0.1) is 0 Å². The van der Waals surface area contributed by atoms with E-state index in [1.165, 1.54) is 12.1 Å². The molecule has 1 fully saturated rings. The first-order valence-corrected chi connectivity index (χ1v) is 6.31. The van der Waals surface area contributed by atoms with Gasteiger partial charge >= 0.3 is 0 Å². The highest BCUT2D eigenvalue weighted by atomic mass is 19.1. The van der Waals surface area contributed by atoms with E-state index in [9.17, 15) is 9.18 Å². The first-order chi connectivity index (χ1) is 8.70. The first-order valence-electron chi connectivity index (χ1n) is 6.31. The lowest BCUT2D eigenvalue weighted by molar-refractivity contribution is 0.0830. The Hall–Kier alpha value is -1.26. The molecule has 1 aliphatic heterocycles. The van der Waals surface area contributed by atoms with Gasteiger partial charge in [0.05, 0.1) is 12.1 Å². The van der Waals surface area contributed by atoms with Crippen LogP contribution in [0.1, 0.15) is 23.2 Å². The number of Topliss-reactive ketones (excluding diaryl/α,β-unsaturated/α-hetero) is 1. The van der Waals surface area contributed by atoms with Crippen molar-refractivity contribution in [2.45, 2.75) is 12.8 Å². The van der Waals surface area contributed by atoms with Crippen molar-refractivity contribution in [1.82, 2.24) is 4.90 Å². The Morgan fingerprint density at radius 2 is 2.22 bits per heavy atom. The molecule has 0 saturated carbocycles. The van der Waals surface area contributed by atoms with Crippen molar-refractivity contribution in [2.24, 2.45) is 5.92 Å². The van der Waals surface area contributed by atoms with Gasteiger partial charge in [0.25, 0.3) is 0 Å². The molecule has 1 atom stereocenters. The summed E-state index contributed by atoms with van der Waals surface area (Å²) in [7, 11) is 0. The number of hydrogen-bond donors (Lipinski definition) is 1. The van der Waals surface area contributed by atoms with Gasteiger partial charge in [0.1, 0.15) is 5.82 Å².